The number of anilines is 1. The second-order valence-corrected chi connectivity index (χ2v) is 9.96. The van der Waals surface area contributed by atoms with Gasteiger partial charge in [0.25, 0.3) is 5.91 Å². The predicted octanol–water partition coefficient (Wildman–Crippen LogP) is 5.91. The first kappa shape index (κ1) is 20.9. The number of thiazole rings is 1. The fourth-order valence-corrected chi connectivity index (χ4v) is 5.51. The normalized spacial score (nSPS) is 16.0. The van der Waals surface area contributed by atoms with E-state index in [-0.39, 0.29) is 12.7 Å². The molecule has 2 aliphatic heterocycles. The lowest BCUT2D eigenvalue weighted by molar-refractivity contribution is -0.114. The number of carbonyl (C=O) groups is 1. The minimum atomic E-state index is -0.184. The Bertz CT molecular complexity index is 1440. The lowest BCUT2D eigenvalue weighted by Crippen LogP contribution is -2.21. The molecule has 0 unspecified atom stereocenters. The highest BCUT2D eigenvalue weighted by Gasteiger charge is 2.33. The number of para-hydroxylation sites is 1. The van der Waals surface area contributed by atoms with E-state index in [1.165, 1.54) is 21.9 Å². The summed E-state index contributed by atoms with van der Waals surface area (Å²) in [6, 6.07) is 21.8. The molecule has 6 rings (SSSR count). The summed E-state index contributed by atoms with van der Waals surface area (Å²) in [6.45, 7) is 2.27. The van der Waals surface area contributed by atoms with Crippen LogP contribution in [0.4, 0.5) is 5.13 Å². The van der Waals surface area contributed by atoms with E-state index >= 15 is 0 Å². The third-order valence-corrected chi connectivity index (χ3v) is 7.56. The minimum absolute atomic E-state index is 0.184. The van der Waals surface area contributed by atoms with E-state index in [1.54, 1.807) is 11.8 Å². The standard InChI is InChI=1S/C26H19N3O3S2/c1-16-6-9-18(10-7-16)33-14-21-19(12-17-8-11-22-23(13-17)32-15-31-22)25(30)29(28-21)26-27-20-4-2-3-5-24(20)34-26/h2-13H,14-15H2,1H3. The molecule has 0 saturated carbocycles. The first-order chi connectivity index (χ1) is 16.6. The Morgan fingerprint density at radius 3 is 2.74 bits per heavy atom. The molecule has 0 radical (unpaired) electrons. The lowest BCUT2D eigenvalue weighted by atomic mass is 10.1. The average Bonchev–Trinajstić information content (AvgIpc) is 3.56. The van der Waals surface area contributed by atoms with Gasteiger partial charge in [0, 0.05) is 10.6 Å². The summed E-state index contributed by atoms with van der Waals surface area (Å²) >= 11 is 3.11. The number of hydrogen-bond donors (Lipinski definition) is 0. The Labute approximate surface area is 204 Å². The van der Waals surface area contributed by atoms with Crippen LogP contribution in [0.1, 0.15) is 11.1 Å². The minimum Gasteiger partial charge on any atom is -0.454 e. The van der Waals surface area contributed by atoms with Crippen molar-refractivity contribution in [3.63, 3.8) is 0 Å². The molecule has 0 saturated heterocycles. The van der Waals surface area contributed by atoms with Crippen LogP contribution in [0.3, 0.4) is 0 Å². The van der Waals surface area contributed by atoms with Crippen LogP contribution in [0.5, 0.6) is 11.5 Å². The molecule has 1 aromatic heterocycles. The second-order valence-electron chi connectivity index (χ2n) is 7.90. The van der Waals surface area contributed by atoms with Gasteiger partial charge < -0.3 is 9.47 Å². The molecule has 4 aromatic rings. The Hall–Kier alpha value is -3.62. The summed E-state index contributed by atoms with van der Waals surface area (Å²) in [6.07, 6.45) is 1.87. The molecule has 168 valence electrons. The fraction of sp³-hybridized carbons (Fsp3) is 0.115. The molecule has 2 aliphatic rings. The number of benzene rings is 3. The van der Waals surface area contributed by atoms with Crippen LogP contribution in [0.2, 0.25) is 0 Å². The van der Waals surface area contributed by atoms with Crippen molar-refractivity contribution in [3.05, 3.63) is 83.4 Å². The maximum atomic E-state index is 13.5. The third-order valence-electron chi connectivity index (χ3n) is 5.52. The first-order valence-electron chi connectivity index (χ1n) is 10.7. The van der Waals surface area contributed by atoms with Crippen LogP contribution in [-0.2, 0) is 4.79 Å². The Morgan fingerprint density at radius 1 is 1.06 bits per heavy atom. The van der Waals surface area contributed by atoms with Crippen molar-refractivity contribution in [1.82, 2.24) is 4.98 Å². The molecule has 0 spiro atoms. The number of carbonyl (C=O) groups excluding carboxylic acids is 1. The molecule has 1 amide bonds. The topological polar surface area (TPSA) is 64.0 Å². The van der Waals surface area contributed by atoms with Crippen molar-refractivity contribution in [2.75, 3.05) is 17.6 Å². The van der Waals surface area contributed by atoms with Crippen molar-refractivity contribution < 1.29 is 14.3 Å². The van der Waals surface area contributed by atoms with Gasteiger partial charge in [0.15, 0.2) is 11.5 Å². The summed E-state index contributed by atoms with van der Waals surface area (Å²) in [4.78, 5) is 19.3. The van der Waals surface area contributed by atoms with Crippen molar-refractivity contribution in [1.29, 1.82) is 0 Å². The van der Waals surface area contributed by atoms with Crippen molar-refractivity contribution in [3.8, 4) is 11.5 Å². The van der Waals surface area contributed by atoms with Gasteiger partial charge in [-0.15, -0.1) is 11.8 Å². The maximum Gasteiger partial charge on any atom is 0.282 e. The number of hydrazone groups is 1. The summed E-state index contributed by atoms with van der Waals surface area (Å²) in [5.41, 5.74) is 4.19. The summed E-state index contributed by atoms with van der Waals surface area (Å²) in [7, 11) is 0. The number of amides is 1. The van der Waals surface area contributed by atoms with Crippen molar-refractivity contribution >= 4 is 56.1 Å². The lowest BCUT2D eigenvalue weighted by Gasteiger charge is -2.06. The fourth-order valence-electron chi connectivity index (χ4n) is 3.75. The Kier molecular flexibility index (Phi) is 5.31. The van der Waals surface area contributed by atoms with Crippen molar-refractivity contribution in [2.24, 2.45) is 5.10 Å². The Balaban J connectivity index is 1.35. The number of thioether (sulfide) groups is 1. The molecule has 6 nitrogen and oxygen atoms in total. The van der Waals surface area contributed by atoms with E-state index in [0.29, 0.717) is 33.7 Å². The van der Waals surface area contributed by atoms with E-state index in [1.807, 2.05) is 48.5 Å². The molecule has 3 heterocycles. The van der Waals surface area contributed by atoms with E-state index in [0.717, 1.165) is 20.7 Å². The van der Waals surface area contributed by atoms with Gasteiger partial charge in [0.1, 0.15) is 0 Å². The van der Waals surface area contributed by atoms with Gasteiger partial charge in [-0.2, -0.15) is 10.1 Å². The van der Waals surface area contributed by atoms with Crippen LogP contribution < -0.4 is 14.5 Å². The zero-order valence-electron chi connectivity index (χ0n) is 18.2. The molecule has 34 heavy (non-hydrogen) atoms. The number of hydrogen-bond acceptors (Lipinski definition) is 7. The van der Waals surface area contributed by atoms with Crippen LogP contribution in [0.15, 0.2) is 82.3 Å². The van der Waals surface area contributed by atoms with Crippen LogP contribution in [-0.4, -0.2) is 29.1 Å². The third kappa shape index (κ3) is 3.95. The molecule has 3 aromatic carbocycles. The number of rotatable bonds is 5. The highest BCUT2D eigenvalue weighted by atomic mass is 32.2. The summed E-state index contributed by atoms with van der Waals surface area (Å²) < 4.78 is 11.9. The highest BCUT2D eigenvalue weighted by molar-refractivity contribution is 8.00. The van der Waals surface area contributed by atoms with E-state index in [2.05, 4.69) is 36.2 Å². The number of nitrogens with zero attached hydrogens (tertiary/aromatic N) is 3. The number of ether oxygens (including phenoxy) is 2. The van der Waals surface area contributed by atoms with Gasteiger partial charge in [-0.1, -0.05) is 47.2 Å². The molecule has 0 atom stereocenters. The van der Waals surface area contributed by atoms with E-state index < -0.39 is 0 Å². The largest absolute Gasteiger partial charge is 0.454 e. The zero-order valence-corrected chi connectivity index (χ0v) is 19.9. The number of aromatic nitrogens is 1. The molecule has 8 heteroatoms. The van der Waals surface area contributed by atoms with Crippen LogP contribution in [0.25, 0.3) is 16.3 Å². The zero-order chi connectivity index (χ0) is 23.1. The quantitative estimate of drug-likeness (QED) is 0.260. The van der Waals surface area contributed by atoms with E-state index in [9.17, 15) is 4.79 Å². The molecular weight excluding hydrogens is 466 g/mol. The summed E-state index contributed by atoms with van der Waals surface area (Å²) in [5, 5.41) is 6.71. The molecule has 0 bridgehead atoms. The van der Waals surface area contributed by atoms with Gasteiger partial charge in [-0.25, -0.2) is 4.98 Å². The van der Waals surface area contributed by atoms with Crippen molar-refractivity contribution in [2.45, 2.75) is 11.8 Å². The van der Waals surface area contributed by atoms with Crippen LogP contribution in [0, 0.1) is 6.92 Å². The SMILES string of the molecule is Cc1ccc(SCC2=NN(c3nc4ccccc4s3)C(=O)C2=Cc2ccc3c(c2)OCO3)cc1. The highest BCUT2D eigenvalue weighted by Crippen LogP contribution is 2.36. The predicted molar refractivity (Wildman–Crippen MR) is 137 cm³/mol. The smallest absolute Gasteiger partial charge is 0.282 e. The maximum absolute atomic E-state index is 13.5. The number of fused-ring (bicyclic) bond motifs is 2. The van der Waals surface area contributed by atoms with Gasteiger partial charge in [0.2, 0.25) is 11.9 Å². The molecular formula is C26H19N3O3S2. The summed E-state index contributed by atoms with van der Waals surface area (Å²) in [5.74, 6) is 1.76. The molecule has 0 fully saturated rings. The van der Waals surface area contributed by atoms with Crippen LogP contribution >= 0.6 is 23.1 Å². The number of aryl methyl sites for hydroxylation is 1. The second kappa shape index (κ2) is 8.62. The average molecular weight is 486 g/mol. The molecule has 0 aliphatic carbocycles. The monoisotopic (exact) mass is 485 g/mol. The molecule has 0 N–H and O–H groups in total. The van der Waals surface area contributed by atoms with Gasteiger partial charge in [-0.05, 0) is 55.0 Å². The van der Waals surface area contributed by atoms with Gasteiger partial charge in [-0.3, -0.25) is 4.79 Å². The van der Waals surface area contributed by atoms with E-state index in [4.69, 9.17) is 14.6 Å². The van der Waals surface area contributed by atoms with Gasteiger partial charge in [0.05, 0.1) is 21.5 Å². The van der Waals surface area contributed by atoms with Gasteiger partial charge >= 0.3 is 0 Å². The Morgan fingerprint density at radius 2 is 1.88 bits per heavy atom. The first-order valence-corrected chi connectivity index (χ1v) is 12.5.